The van der Waals surface area contributed by atoms with Gasteiger partial charge in [-0.25, -0.2) is 0 Å². The molecule has 0 aliphatic heterocycles. The fourth-order valence-electron chi connectivity index (χ4n) is 2.83. The van der Waals surface area contributed by atoms with Crippen molar-refractivity contribution >= 4 is 29.9 Å². The van der Waals surface area contributed by atoms with Gasteiger partial charge in [0.2, 0.25) is 0 Å². The molecule has 2 N–H and O–H groups in total. The summed E-state index contributed by atoms with van der Waals surface area (Å²) in [6.07, 6.45) is 9.13. The van der Waals surface area contributed by atoms with E-state index in [-0.39, 0.29) is 24.0 Å². The van der Waals surface area contributed by atoms with Crippen molar-refractivity contribution in [1.29, 1.82) is 0 Å². The Morgan fingerprint density at radius 2 is 2.29 bits per heavy atom. The number of hydrogen-bond donors (Lipinski definition) is 2. The summed E-state index contributed by atoms with van der Waals surface area (Å²) in [5.41, 5.74) is 1.20. The number of halogens is 1. The summed E-state index contributed by atoms with van der Waals surface area (Å²) in [5, 5.41) is 11.2. The van der Waals surface area contributed by atoms with E-state index in [1.165, 1.54) is 31.2 Å². The first-order valence-electron chi connectivity index (χ1n) is 7.63. The topological polar surface area (TPSA) is 54.2 Å². The minimum Gasteiger partial charge on any atom is -0.355 e. The van der Waals surface area contributed by atoms with Crippen LogP contribution in [0.1, 0.15) is 38.2 Å². The van der Waals surface area contributed by atoms with Crippen molar-refractivity contribution in [2.24, 2.45) is 10.9 Å². The second-order valence-electron chi connectivity index (χ2n) is 5.89. The predicted molar refractivity (Wildman–Crippen MR) is 98.3 cm³/mol. The molecule has 1 aromatic rings. The highest BCUT2D eigenvalue weighted by Crippen LogP contribution is 2.23. The Morgan fingerprint density at radius 1 is 1.48 bits per heavy atom. The molecule has 1 aliphatic carbocycles. The largest absolute Gasteiger partial charge is 0.355 e. The van der Waals surface area contributed by atoms with Gasteiger partial charge >= 0.3 is 0 Å². The minimum absolute atomic E-state index is 0. The van der Waals surface area contributed by atoms with Crippen LogP contribution in [-0.2, 0) is 6.54 Å². The van der Waals surface area contributed by atoms with E-state index in [9.17, 15) is 0 Å². The van der Waals surface area contributed by atoms with Crippen LogP contribution in [0, 0.1) is 12.8 Å². The quantitative estimate of drug-likeness (QED) is 0.460. The summed E-state index contributed by atoms with van der Waals surface area (Å²) in [4.78, 5) is 4.31. The standard InChI is InChI=1S/C15H27N5.HI/c1-12-5-4-6-14(9-12)19-15(16-3)17-7-8-20-11-13(2)10-18-20;/h10-12,14H,4-9H2,1-3H3,(H2,16,17,19);1H. The van der Waals surface area contributed by atoms with Gasteiger partial charge in [-0.1, -0.05) is 19.8 Å². The molecule has 0 radical (unpaired) electrons. The summed E-state index contributed by atoms with van der Waals surface area (Å²) in [6, 6.07) is 0.567. The molecule has 2 unspecified atom stereocenters. The van der Waals surface area contributed by atoms with Crippen LogP contribution in [0.5, 0.6) is 0 Å². The fraction of sp³-hybridized carbons (Fsp3) is 0.733. The van der Waals surface area contributed by atoms with Crippen LogP contribution >= 0.6 is 24.0 Å². The Balaban J connectivity index is 0.00000220. The molecule has 21 heavy (non-hydrogen) atoms. The van der Waals surface area contributed by atoms with Gasteiger partial charge in [0.25, 0.3) is 0 Å². The zero-order valence-corrected chi connectivity index (χ0v) is 15.6. The van der Waals surface area contributed by atoms with Crippen molar-refractivity contribution in [3.05, 3.63) is 18.0 Å². The van der Waals surface area contributed by atoms with Crippen molar-refractivity contribution < 1.29 is 0 Å². The third kappa shape index (κ3) is 6.23. The summed E-state index contributed by atoms with van der Waals surface area (Å²) in [7, 11) is 1.83. The lowest BCUT2D eigenvalue weighted by Gasteiger charge is -2.28. The first kappa shape index (κ1) is 18.3. The number of nitrogens with one attached hydrogen (secondary N) is 2. The van der Waals surface area contributed by atoms with Crippen LogP contribution in [0.2, 0.25) is 0 Å². The van der Waals surface area contributed by atoms with Gasteiger partial charge in [0, 0.05) is 25.8 Å². The van der Waals surface area contributed by atoms with Gasteiger partial charge in [-0.2, -0.15) is 5.10 Å². The smallest absolute Gasteiger partial charge is 0.191 e. The summed E-state index contributed by atoms with van der Waals surface area (Å²) >= 11 is 0. The van der Waals surface area contributed by atoms with Crippen LogP contribution in [0.3, 0.4) is 0 Å². The number of aryl methyl sites for hydroxylation is 1. The van der Waals surface area contributed by atoms with Crippen molar-refractivity contribution in [2.45, 2.75) is 52.1 Å². The monoisotopic (exact) mass is 405 g/mol. The van der Waals surface area contributed by atoms with E-state index in [1.54, 1.807) is 0 Å². The lowest BCUT2D eigenvalue weighted by atomic mass is 9.87. The number of rotatable bonds is 4. The van der Waals surface area contributed by atoms with E-state index in [2.05, 4.69) is 40.8 Å². The molecule has 120 valence electrons. The second-order valence-corrected chi connectivity index (χ2v) is 5.89. The number of aliphatic imine (C=N–C) groups is 1. The molecule has 2 atom stereocenters. The zero-order valence-electron chi connectivity index (χ0n) is 13.3. The number of aromatic nitrogens is 2. The summed E-state index contributed by atoms with van der Waals surface area (Å²) in [6.45, 7) is 6.09. The lowest BCUT2D eigenvalue weighted by molar-refractivity contribution is 0.324. The maximum Gasteiger partial charge on any atom is 0.191 e. The van der Waals surface area contributed by atoms with E-state index in [0.717, 1.165) is 25.0 Å². The molecule has 0 aromatic carbocycles. The average Bonchev–Trinajstić information content (AvgIpc) is 2.83. The second kappa shape index (κ2) is 9.27. The molecule has 0 bridgehead atoms. The van der Waals surface area contributed by atoms with Gasteiger partial charge in [-0.05, 0) is 31.2 Å². The van der Waals surface area contributed by atoms with Crippen LogP contribution in [0.4, 0.5) is 0 Å². The highest BCUT2D eigenvalue weighted by Gasteiger charge is 2.19. The molecule has 0 spiro atoms. The number of nitrogens with zero attached hydrogens (tertiary/aromatic N) is 3. The first-order valence-corrected chi connectivity index (χ1v) is 7.63. The Kier molecular flexibility index (Phi) is 8.06. The Bertz CT molecular complexity index is 443. The molecule has 1 fully saturated rings. The van der Waals surface area contributed by atoms with Gasteiger partial charge in [0.1, 0.15) is 0 Å². The molecule has 2 rings (SSSR count). The highest BCUT2D eigenvalue weighted by molar-refractivity contribution is 14.0. The van der Waals surface area contributed by atoms with E-state index >= 15 is 0 Å². The predicted octanol–water partition coefficient (Wildman–Crippen LogP) is 2.55. The van der Waals surface area contributed by atoms with Crippen LogP contribution in [0.25, 0.3) is 0 Å². The van der Waals surface area contributed by atoms with Crippen molar-refractivity contribution in [2.75, 3.05) is 13.6 Å². The number of guanidine groups is 1. The zero-order chi connectivity index (χ0) is 14.4. The Morgan fingerprint density at radius 3 is 2.90 bits per heavy atom. The van der Waals surface area contributed by atoms with Crippen molar-refractivity contribution in [1.82, 2.24) is 20.4 Å². The third-order valence-corrected chi connectivity index (χ3v) is 3.90. The molecule has 1 heterocycles. The molecular formula is C15H28IN5. The molecular weight excluding hydrogens is 377 g/mol. The van der Waals surface area contributed by atoms with Gasteiger partial charge in [-0.3, -0.25) is 9.67 Å². The molecule has 1 aromatic heterocycles. The molecule has 0 saturated heterocycles. The Labute approximate surface area is 145 Å². The third-order valence-electron chi connectivity index (χ3n) is 3.90. The average molecular weight is 405 g/mol. The number of hydrogen-bond acceptors (Lipinski definition) is 2. The fourth-order valence-corrected chi connectivity index (χ4v) is 2.83. The first-order chi connectivity index (χ1) is 9.67. The summed E-state index contributed by atoms with van der Waals surface area (Å²) in [5.74, 6) is 1.74. The minimum atomic E-state index is 0. The molecule has 5 nitrogen and oxygen atoms in total. The van der Waals surface area contributed by atoms with E-state index in [0.29, 0.717) is 6.04 Å². The molecule has 1 saturated carbocycles. The summed E-state index contributed by atoms with van der Waals surface area (Å²) < 4.78 is 1.96. The van der Waals surface area contributed by atoms with Gasteiger partial charge in [-0.15, -0.1) is 24.0 Å². The maximum atomic E-state index is 4.31. The van der Waals surface area contributed by atoms with Crippen molar-refractivity contribution in [3.8, 4) is 0 Å². The van der Waals surface area contributed by atoms with Crippen LogP contribution < -0.4 is 10.6 Å². The van der Waals surface area contributed by atoms with Gasteiger partial charge in [0.15, 0.2) is 5.96 Å². The maximum absolute atomic E-state index is 4.31. The van der Waals surface area contributed by atoms with Crippen molar-refractivity contribution in [3.63, 3.8) is 0 Å². The molecule has 0 amide bonds. The van der Waals surface area contributed by atoms with Gasteiger partial charge in [0.05, 0.1) is 12.7 Å². The lowest BCUT2D eigenvalue weighted by Crippen LogP contribution is -2.45. The molecule has 1 aliphatic rings. The van der Waals surface area contributed by atoms with Crippen LogP contribution in [0.15, 0.2) is 17.4 Å². The van der Waals surface area contributed by atoms with E-state index in [4.69, 9.17) is 0 Å². The Hall–Kier alpha value is -0.790. The SMILES string of the molecule is CN=C(NCCn1cc(C)cn1)NC1CCCC(C)C1.I. The normalized spacial score (nSPS) is 22.5. The van der Waals surface area contributed by atoms with Gasteiger partial charge < -0.3 is 10.6 Å². The van der Waals surface area contributed by atoms with E-state index < -0.39 is 0 Å². The molecule has 6 heteroatoms. The highest BCUT2D eigenvalue weighted by atomic mass is 127. The van der Waals surface area contributed by atoms with E-state index in [1.807, 2.05) is 17.9 Å². The van der Waals surface area contributed by atoms with Crippen LogP contribution in [-0.4, -0.2) is 35.4 Å².